The van der Waals surface area contributed by atoms with Gasteiger partial charge in [0.2, 0.25) is 5.95 Å². The second-order valence-electron chi connectivity index (χ2n) is 12.6. The molecule has 0 aliphatic carbocycles. The summed E-state index contributed by atoms with van der Waals surface area (Å²) in [6.45, 7) is 0. The molecule has 0 saturated heterocycles. The highest BCUT2D eigenvalue weighted by Gasteiger charge is 2.24. The van der Waals surface area contributed by atoms with E-state index in [2.05, 4.69) is 130 Å². The van der Waals surface area contributed by atoms with Crippen LogP contribution in [-0.2, 0) is 0 Å². The van der Waals surface area contributed by atoms with Crippen molar-refractivity contribution in [3.05, 3.63) is 158 Å². The monoisotopic (exact) mass is 626 g/mol. The minimum absolute atomic E-state index is 0.608. The molecule has 0 aliphatic heterocycles. The molecular weight excluding hydrogens is 601 g/mol. The van der Waals surface area contributed by atoms with Crippen molar-refractivity contribution in [1.82, 2.24) is 19.1 Å². The predicted molar refractivity (Wildman–Crippen MR) is 201 cm³/mol. The summed E-state index contributed by atoms with van der Waals surface area (Å²) in [6.07, 6.45) is 0. The van der Waals surface area contributed by atoms with Crippen LogP contribution in [0.25, 0.3) is 99.3 Å². The average molecular weight is 627 g/mol. The Hall–Kier alpha value is -6.72. The zero-order chi connectivity index (χ0) is 32.1. The third-order valence-electron chi connectivity index (χ3n) is 9.92. The van der Waals surface area contributed by atoms with Gasteiger partial charge in [0.05, 0.1) is 22.1 Å². The van der Waals surface area contributed by atoms with Gasteiger partial charge in [-0.3, -0.25) is 4.57 Å². The SMILES string of the molecule is c1ccc(-c2nc(-n3c4ccccc4c4c3ccc3c5ccccc5n(-c5ccc6ccccc6c5)c34)nc3c2oc2ccccc23)cc1. The third kappa shape index (κ3) is 3.70. The second kappa shape index (κ2) is 9.89. The normalized spacial score (nSPS) is 12.1. The standard InChI is InChI=1S/C44H26N4O/c1-2-13-28(14-3-1)40-43-41(34-18-8-11-21-38(34)49-43)46-44(45-40)48-36-20-10-7-17-33(36)39-37(48)25-24-32-31-16-6-9-19-35(31)47(42(32)39)30-23-22-27-12-4-5-15-29(27)26-30/h1-26H. The Morgan fingerprint density at radius 1 is 0.469 bits per heavy atom. The van der Waals surface area contributed by atoms with Crippen LogP contribution in [0.4, 0.5) is 0 Å². The fourth-order valence-electron chi connectivity index (χ4n) is 7.78. The van der Waals surface area contributed by atoms with Crippen LogP contribution >= 0.6 is 0 Å². The second-order valence-corrected chi connectivity index (χ2v) is 12.6. The fourth-order valence-corrected chi connectivity index (χ4v) is 7.78. The number of nitrogens with zero attached hydrogens (tertiary/aromatic N) is 4. The molecule has 11 aromatic rings. The minimum atomic E-state index is 0.608. The summed E-state index contributed by atoms with van der Waals surface area (Å²) in [6, 6.07) is 55.5. The zero-order valence-electron chi connectivity index (χ0n) is 26.2. The summed E-state index contributed by atoms with van der Waals surface area (Å²) in [5.41, 5.74) is 9.61. The molecule has 0 saturated carbocycles. The van der Waals surface area contributed by atoms with Crippen LogP contribution in [0.5, 0.6) is 0 Å². The van der Waals surface area contributed by atoms with E-state index < -0.39 is 0 Å². The molecule has 0 bridgehead atoms. The van der Waals surface area contributed by atoms with Crippen LogP contribution in [0, 0.1) is 0 Å². The molecule has 228 valence electrons. The van der Waals surface area contributed by atoms with Crippen LogP contribution < -0.4 is 0 Å². The topological polar surface area (TPSA) is 48.8 Å². The molecule has 11 rings (SSSR count). The maximum absolute atomic E-state index is 6.43. The largest absolute Gasteiger partial charge is 0.452 e. The summed E-state index contributed by atoms with van der Waals surface area (Å²) >= 11 is 0. The first kappa shape index (κ1) is 26.4. The van der Waals surface area contributed by atoms with Crippen LogP contribution in [0.1, 0.15) is 0 Å². The van der Waals surface area contributed by atoms with E-state index in [0.717, 1.165) is 49.9 Å². The number of benzene rings is 7. The van der Waals surface area contributed by atoms with E-state index in [1.165, 1.54) is 38.0 Å². The van der Waals surface area contributed by atoms with Crippen LogP contribution in [0.3, 0.4) is 0 Å². The lowest BCUT2D eigenvalue weighted by atomic mass is 10.1. The molecule has 0 radical (unpaired) electrons. The van der Waals surface area contributed by atoms with Crippen molar-refractivity contribution in [1.29, 1.82) is 0 Å². The number of fused-ring (bicyclic) bond motifs is 11. The Labute approximate surface area is 279 Å². The van der Waals surface area contributed by atoms with E-state index in [0.29, 0.717) is 11.5 Å². The molecule has 0 aliphatic rings. The van der Waals surface area contributed by atoms with Gasteiger partial charge in [0.25, 0.3) is 0 Å². The minimum Gasteiger partial charge on any atom is -0.452 e. The van der Waals surface area contributed by atoms with E-state index in [-0.39, 0.29) is 0 Å². The number of para-hydroxylation sites is 3. The molecule has 0 unspecified atom stereocenters. The highest BCUT2D eigenvalue weighted by molar-refractivity contribution is 6.26. The van der Waals surface area contributed by atoms with Gasteiger partial charge in [0, 0.05) is 38.2 Å². The van der Waals surface area contributed by atoms with E-state index in [1.54, 1.807) is 0 Å². The van der Waals surface area contributed by atoms with Crippen molar-refractivity contribution in [2.75, 3.05) is 0 Å². The molecule has 7 aromatic carbocycles. The lowest BCUT2D eigenvalue weighted by molar-refractivity contribution is 0.666. The Morgan fingerprint density at radius 3 is 2.02 bits per heavy atom. The number of hydrogen-bond donors (Lipinski definition) is 0. The molecule has 4 aromatic heterocycles. The van der Waals surface area contributed by atoms with E-state index in [9.17, 15) is 0 Å². The molecule has 49 heavy (non-hydrogen) atoms. The summed E-state index contributed by atoms with van der Waals surface area (Å²) in [7, 11) is 0. The van der Waals surface area contributed by atoms with Gasteiger partial charge in [0.1, 0.15) is 16.8 Å². The van der Waals surface area contributed by atoms with E-state index >= 15 is 0 Å². The van der Waals surface area contributed by atoms with Crippen LogP contribution in [0.2, 0.25) is 0 Å². The molecule has 0 spiro atoms. The molecule has 4 heterocycles. The molecule has 0 atom stereocenters. The van der Waals surface area contributed by atoms with Crippen molar-refractivity contribution >= 4 is 76.5 Å². The first-order chi connectivity index (χ1) is 24.3. The molecular formula is C44H26N4O. The predicted octanol–water partition coefficient (Wildman–Crippen LogP) is 11.4. The van der Waals surface area contributed by atoms with Crippen molar-refractivity contribution in [2.24, 2.45) is 0 Å². The number of hydrogen-bond acceptors (Lipinski definition) is 3. The van der Waals surface area contributed by atoms with Gasteiger partial charge in [-0.2, -0.15) is 0 Å². The van der Waals surface area contributed by atoms with E-state index in [1.807, 2.05) is 36.4 Å². The maximum Gasteiger partial charge on any atom is 0.236 e. The first-order valence-electron chi connectivity index (χ1n) is 16.5. The smallest absolute Gasteiger partial charge is 0.236 e. The van der Waals surface area contributed by atoms with Gasteiger partial charge < -0.3 is 8.98 Å². The Bertz CT molecular complexity index is 3110. The first-order valence-corrected chi connectivity index (χ1v) is 16.5. The highest BCUT2D eigenvalue weighted by Crippen LogP contribution is 2.43. The number of rotatable bonds is 3. The maximum atomic E-state index is 6.43. The van der Waals surface area contributed by atoms with Crippen LogP contribution in [-0.4, -0.2) is 19.1 Å². The van der Waals surface area contributed by atoms with Crippen LogP contribution in [0.15, 0.2) is 162 Å². The van der Waals surface area contributed by atoms with Crippen molar-refractivity contribution in [3.63, 3.8) is 0 Å². The molecule has 5 heteroatoms. The van der Waals surface area contributed by atoms with Gasteiger partial charge in [-0.25, -0.2) is 9.97 Å². The number of aromatic nitrogens is 4. The molecule has 0 amide bonds. The average Bonchev–Trinajstić information content (AvgIpc) is 3.82. The zero-order valence-corrected chi connectivity index (χ0v) is 26.2. The molecule has 0 fully saturated rings. The lowest BCUT2D eigenvalue weighted by Crippen LogP contribution is -2.03. The Kier molecular flexibility index (Phi) is 5.32. The summed E-state index contributed by atoms with van der Waals surface area (Å²) in [4.78, 5) is 10.6. The van der Waals surface area contributed by atoms with Gasteiger partial charge in [-0.15, -0.1) is 0 Å². The Morgan fingerprint density at radius 2 is 1.16 bits per heavy atom. The third-order valence-corrected chi connectivity index (χ3v) is 9.92. The fraction of sp³-hybridized carbons (Fsp3) is 0. The Balaban J connectivity index is 1.30. The van der Waals surface area contributed by atoms with Gasteiger partial charge in [-0.1, -0.05) is 115 Å². The quantitative estimate of drug-likeness (QED) is 0.196. The molecule has 5 nitrogen and oxygen atoms in total. The van der Waals surface area contributed by atoms with E-state index in [4.69, 9.17) is 14.4 Å². The van der Waals surface area contributed by atoms with Gasteiger partial charge in [0.15, 0.2) is 5.58 Å². The lowest BCUT2D eigenvalue weighted by Gasteiger charge is -2.11. The van der Waals surface area contributed by atoms with Crippen molar-refractivity contribution in [2.45, 2.75) is 0 Å². The molecule has 0 N–H and O–H groups in total. The van der Waals surface area contributed by atoms with Crippen molar-refractivity contribution < 1.29 is 4.42 Å². The highest BCUT2D eigenvalue weighted by atomic mass is 16.3. The summed E-state index contributed by atoms with van der Waals surface area (Å²) in [5, 5.41) is 8.15. The number of furan rings is 1. The summed E-state index contributed by atoms with van der Waals surface area (Å²) < 4.78 is 11.1. The van der Waals surface area contributed by atoms with Gasteiger partial charge in [-0.05, 0) is 53.2 Å². The summed E-state index contributed by atoms with van der Waals surface area (Å²) in [5.74, 6) is 0.608. The van der Waals surface area contributed by atoms with Crippen molar-refractivity contribution in [3.8, 4) is 22.9 Å². The van der Waals surface area contributed by atoms with Gasteiger partial charge >= 0.3 is 0 Å².